The highest BCUT2D eigenvalue weighted by Gasteiger charge is 2.27. The van der Waals surface area contributed by atoms with Crippen LogP contribution in [-0.4, -0.2) is 36.7 Å². The topological polar surface area (TPSA) is 79.4 Å². The first-order chi connectivity index (χ1) is 14.7. The number of carbonyl (C=O) groups is 1. The van der Waals surface area contributed by atoms with Crippen LogP contribution in [0.25, 0.3) is 10.8 Å². The molecule has 0 unspecified atom stereocenters. The van der Waals surface area contributed by atoms with Gasteiger partial charge in [-0.2, -0.15) is 4.31 Å². The van der Waals surface area contributed by atoms with Gasteiger partial charge in [0.2, 0.25) is 10.0 Å². The molecule has 1 heterocycles. The predicted molar refractivity (Wildman–Crippen MR) is 126 cm³/mol. The van der Waals surface area contributed by atoms with Crippen molar-refractivity contribution in [2.24, 2.45) is 11.8 Å². The van der Waals surface area contributed by atoms with Crippen molar-refractivity contribution in [1.82, 2.24) is 14.6 Å². The van der Waals surface area contributed by atoms with Crippen molar-refractivity contribution in [2.45, 2.75) is 39.1 Å². The zero-order valence-electron chi connectivity index (χ0n) is 18.3. The maximum atomic E-state index is 13.5. The van der Waals surface area contributed by atoms with Crippen molar-refractivity contribution in [3.63, 3.8) is 0 Å². The molecule has 0 bridgehead atoms. The van der Waals surface area contributed by atoms with Gasteiger partial charge in [-0.3, -0.25) is 4.79 Å². The quantitative estimate of drug-likeness (QED) is 0.510. The lowest BCUT2D eigenvalue weighted by atomic mass is 10.1. The summed E-state index contributed by atoms with van der Waals surface area (Å²) in [5.74, 6) is 0.253. The van der Waals surface area contributed by atoms with E-state index in [1.54, 1.807) is 17.5 Å². The van der Waals surface area contributed by atoms with Crippen LogP contribution >= 0.6 is 11.3 Å². The molecule has 0 aliphatic heterocycles. The van der Waals surface area contributed by atoms with Crippen LogP contribution in [0.15, 0.2) is 52.7 Å². The number of thiazole rings is 1. The lowest BCUT2D eigenvalue weighted by Gasteiger charge is -2.23. The van der Waals surface area contributed by atoms with E-state index in [0.29, 0.717) is 29.7 Å². The number of aromatic nitrogens is 1. The Morgan fingerprint density at radius 2 is 1.77 bits per heavy atom. The van der Waals surface area contributed by atoms with Gasteiger partial charge in [-0.15, -0.1) is 11.3 Å². The first kappa shape index (κ1) is 23.4. The van der Waals surface area contributed by atoms with Gasteiger partial charge in [-0.25, -0.2) is 13.4 Å². The van der Waals surface area contributed by atoms with Crippen LogP contribution in [0.1, 0.15) is 43.2 Å². The number of benzene rings is 2. The number of carbonyl (C=O) groups excluding carboxylic acids is 1. The number of sulfonamides is 1. The molecule has 3 rings (SSSR count). The first-order valence-electron chi connectivity index (χ1n) is 10.4. The van der Waals surface area contributed by atoms with Crippen molar-refractivity contribution < 1.29 is 13.2 Å². The maximum absolute atomic E-state index is 13.5. The first-order valence-corrected chi connectivity index (χ1v) is 12.7. The zero-order chi connectivity index (χ0) is 22.6. The number of hydrogen-bond donors (Lipinski definition) is 1. The van der Waals surface area contributed by atoms with Crippen LogP contribution < -0.4 is 5.32 Å². The molecule has 0 saturated heterocycles. The number of amides is 1. The van der Waals surface area contributed by atoms with E-state index in [0.717, 1.165) is 10.8 Å². The largest absolute Gasteiger partial charge is 0.350 e. The van der Waals surface area contributed by atoms with Crippen molar-refractivity contribution in [3.8, 4) is 0 Å². The minimum Gasteiger partial charge on any atom is -0.350 e. The Bertz CT molecular complexity index is 1150. The van der Waals surface area contributed by atoms with E-state index >= 15 is 0 Å². The number of hydrogen-bond acceptors (Lipinski definition) is 5. The van der Waals surface area contributed by atoms with Gasteiger partial charge < -0.3 is 5.32 Å². The fraction of sp³-hybridized carbons (Fsp3) is 0.391. The Kier molecular flexibility index (Phi) is 7.46. The van der Waals surface area contributed by atoms with Gasteiger partial charge in [-0.05, 0) is 34.7 Å². The molecule has 31 heavy (non-hydrogen) atoms. The van der Waals surface area contributed by atoms with Gasteiger partial charge >= 0.3 is 0 Å². The molecule has 0 saturated carbocycles. The molecule has 2 aromatic carbocycles. The predicted octanol–water partition coefficient (Wildman–Crippen LogP) is 4.53. The van der Waals surface area contributed by atoms with E-state index in [-0.39, 0.29) is 23.3 Å². The second-order valence-electron chi connectivity index (χ2n) is 8.43. The monoisotopic (exact) mass is 459 g/mol. The van der Waals surface area contributed by atoms with Crippen molar-refractivity contribution >= 4 is 38.0 Å². The smallest absolute Gasteiger partial charge is 0.270 e. The molecule has 0 radical (unpaired) electrons. The van der Waals surface area contributed by atoms with Gasteiger partial charge in [0.1, 0.15) is 10.7 Å². The molecular formula is C23H29N3O3S2. The molecule has 6 nitrogen and oxygen atoms in total. The molecular weight excluding hydrogens is 430 g/mol. The lowest BCUT2D eigenvalue weighted by Crippen LogP contribution is -2.34. The summed E-state index contributed by atoms with van der Waals surface area (Å²) in [6.07, 6.45) is 0. The van der Waals surface area contributed by atoms with E-state index in [9.17, 15) is 13.2 Å². The molecule has 3 aromatic rings. The van der Waals surface area contributed by atoms with Gasteiger partial charge in [0.15, 0.2) is 0 Å². The average Bonchev–Trinajstić information content (AvgIpc) is 3.19. The number of nitrogens with one attached hydrogen (secondary N) is 1. The Morgan fingerprint density at radius 1 is 1.06 bits per heavy atom. The molecule has 0 spiro atoms. The maximum Gasteiger partial charge on any atom is 0.270 e. The summed E-state index contributed by atoms with van der Waals surface area (Å²) in [6.45, 7) is 9.08. The third-order valence-electron chi connectivity index (χ3n) is 4.69. The number of rotatable bonds is 9. The molecule has 1 amide bonds. The van der Waals surface area contributed by atoms with Crippen LogP contribution in [0.5, 0.6) is 0 Å². The summed E-state index contributed by atoms with van der Waals surface area (Å²) in [7, 11) is -3.72. The summed E-state index contributed by atoms with van der Waals surface area (Å²) in [4.78, 5) is 16.9. The highest BCUT2D eigenvalue weighted by atomic mass is 32.2. The fourth-order valence-corrected chi connectivity index (χ4v) is 5.63. The van der Waals surface area contributed by atoms with E-state index in [1.807, 2.05) is 58.0 Å². The van der Waals surface area contributed by atoms with Crippen molar-refractivity contribution in [2.75, 3.05) is 13.1 Å². The number of nitrogens with zero attached hydrogens (tertiary/aromatic N) is 2. The minimum atomic E-state index is -3.72. The van der Waals surface area contributed by atoms with Gasteiger partial charge in [-0.1, -0.05) is 58.0 Å². The summed E-state index contributed by atoms with van der Waals surface area (Å²) in [5.41, 5.74) is 0.327. The highest BCUT2D eigenvalue weighted by Crippen LogP contribution is 2.25. The van der Waals surface area contributed by atoms with Crippen LogP contribution in [-0.2, 0) is 16.6 Å². The normalized spacial score (nSPS) is 12.2. The standard InChI is InChI=1S/C23H29N3O3S2/c1-16(2)12-24-23(27)21-15-30-22(25-21)14-26(13-17(3)4)31(28,29)20-10-9-18-7-5-6-8-19(18)11-20/h5-11,15-17H,12-14H2,1-4H3,(H,24,27). The summed E-state index contributed by atoms with van der Waals surface area (Å²) >= 11 is 1.30. The van der Waals surface area contributed by atoms with Gasteiger partial charge in [0, 0.05) is 18.5 Å². The summed E-state index contributed by atoms with van der Waals surface area (Å²) in [6, 6.07) is 12.9. The Balaban J connectivity index is 1.85. The van der Waals surface area contributed by atoms with E-state index in [4.69, 9.17) is 0 Å². The highest BCUT2D eigenvalue weighted by molar-refractivity contribution is 7.89. The van der Waals surface area contributed by atoms with E-state index in [2.05, 4.69) is 10.3 Å². The molecule has 166 valence electrons. The SMILES string of the molecule is CC(C)CNC(=O)c1csc(CN(CC(C)C)S(=O)(=O)c2ccc3ccccc3c2)n1. The molecule has 8 heteroatoms. The summed E-state index contributed by atoms with van der Waals surface area (Å²) in [5, 5.41) is 7.00. The molecule has 0 fully saturated rings. The molecule has 0 atom stereocenters. The third kappa shape index (κ3) is 5.90. The summed E-state index contributed by atoms with van der Waals surface area (Å²) < 4.78 is 28.4. The molecule has 0 aliphatic carbocycles. The average molecular weight is 460 g/mol. The molecule has 0 aliphatic rings. The van der Waals surface area contributed by atoms with E-state index < -0.39 is 10.0 Å². The zero-order valence-corrected chi connectivity index (χ0v) is 20.0. The van der Waals surface area contributed by atoms with Gasteiger partial charge in [0.25, 0.3) is 5.91 Å². The van der Waals surface area contributed by atoms with Crippen LogP contribution in [0.3, 0.4) is 0 Å². The second kappa shape index (κ2) is 9.89. The van der Waals surface area contributed by atoms with Crippen molar-refractivity contribution in [3.05, 3.63) is 58.5 Å². The van der Waals surface area contributed by atoms with Crippen LogP contribution in [0.4, 0.5) is 0 Å². The Labute approximate surface area is 188 Å². The van der Waals surface area contributed by atoms with E-state index in [1.165, 1.54) is 15.6 Å². The molecule has 1 aromatic heterocycles. The Hall–Kier alpha value is -2.29. The minimum absolute atomic E-state index is 0.134. The number of fused-ring (bicyclic) bond motifs is 1. The van der Waals surface area contributed by atoms with Crippen LogP contribution in [0.2, 0.25) is 0 Å². The van der Waals surface area contributed by atoms with Gasteiger partial charge in [0.05, 0.1) is 11.4 Å². The molecule has 1 N–H and O–H groups in total. The third-order valence-corrected chi connectivity index (χ3v) is 7.34. The fourth-order valence-electron chi connectivity index (χ4n) is 3.16. The second-order valence-corrected chi connectivity index (χ2v) is 11.3. The Morgan fingerprint density at radius 3 is 2.45 bits per heavy atom. The van der Waals surface area contributed by atoms with Crippen LogP contribution in [0, 0.1) is 11.8 Å². The lowest BCUT2D eigenvalue weighted by molar-refractivity contribution is 0.0944. The van der Waals surface area contributed by atoms with Crippen molar-refractivity contribution in [1.29, 1.82) is 0 Å².